The quantitative estimate of drug-likeness (QED) is 0.875. The van der Waals surface area contributed by atoms with Crippen LogP contribution in [0.25, 0.3) is 11.3 Å². The van der Waals surface area contributed by atoms with Crippen LogP contribution in [-0.2, 0) is 0 Å². The van der Waals surface area contributed by atoms with E-state index in [0.29, 0.717) is 6.04 Å². The molecule has 0 fully saturated rings. The third kappa shape index (κ3) is 2.13. The van der Waals surface area contributed by atoms with E-state index in [1.165, 1.54) is 16.7 Å². The maximum atomic E-state index is 6.10. The summed E-state index contributed by atoms with van der Waals surface area (Å²) in [4.78, 5) is 0. The Morgan fingerprint density at radius 2 is 1.67 bits per heavy atom. The Labute approximate surface area is 109 Å². The summed E-state index contributed by atoms with van der Waals surface area (Å²) in [5.74, 6) is 0. The second kappa shape index (κ2) is 4.48. The topological polar surface area (TPSA) is 43.8 Å². The van der Waals surface area contributed by atoms with E-state index in [4.69, 9.17) is 5.73 Å². The van der Waals surface area contributed by atoms with E-state index in [2.05, 4.69) is 51.9 Å². The molecule has 3 nitrogen and oxygen atoms in total. The summed E-state index contributed by atoms with van der Waals surface area (Å²) in [5, 5.41) is 4.62. The number of benzene rings is 1. The van der Waals surface area contributed by atoms with Crippen LogP contribution in [0.1, 0.15) is 36.6 Å². The smallest absolute Gasteiger partial charge is 0.116 e. The van der Waals surface area contributed by atoms with Crippen LogP contribution >= 0.6 is 0 Å². The number of nitrogen functional groups attached to an aromatic ring is 1. The molecule has 0 aliphatic heterocycles. The third-order valence-corrected chi connectivity index (χ3v) is 3.20. The van der Waals surface area contributed by atoms with Crippen molar-refractivity contribution < 1.29 is 0 Å². The lowest BCUT2D eigenvalue weighted by Gasteiger charge is -2.10. The summed E-state index contributed by atoms with van der Waals surface area (Å²) < 4.78 is 1.92. The number of aromatic nitrogens is 2. The second-order valence-electron chi connectivity index (χ2n) is 5.28. The molecule has 0 radical (unpaired) electrons. The average molecular weight is 243 g/mol. The number of hydrogen-bond acceptors (Lipinski definition) is 2. The van der Waals surface area contributed by atoms with Gasteiger partial charge in [-0.25, -0.2) is 0 Å². The van der Waals surface area contributed by atoms with Crippen molar-refractivity contribution in [2.75, 3.05) is 5.73 Å². The molecular weight excluding hydrogens is 222 g/mol. The minimum atomic E-state index is 0.326. The lowest BCUT2D eigenvalue weighted by molar-refractivity contribution is 0.534. The molecule has 1 aromatic heterocycles. The normalized spacial score (nSPS) is 11.2. The van der Waals surface area contributed by atoms with Crippen LogP contribution < -0.4 is 5.73 Å². The number of aryl methyl sites for hydroxylation is 3. The van der Waals surface area contributed by atoms with E-state index in [-0.39, 0.29) is 0 Å². The summed E-state index contributed by atoms with van der Waals surface area (Å²) in [6, 6.07) is 4.68. The van der Waals surface area contributed by atoms with Crippen molar-refractivity contribution in [2.24, 2.45) is 0 Å². The molecule has 1 heterocycles. The molecule has 18 heavy (non-hydrogen) atoms. The van der Waals surface area contributed by atoms with Gasteiger partial charge in [-0.2, -0.15) is 5.10 Å². The van der Waals surface area contributed by atoms with Crippen molar-refractivity contribution in [3.8, 4) is 11.3 Å². The van der Waals surface area contributed by atoms with E-state index < -0.39 is 0 Å². The lowest BCUT2D eigenvalue weighted by Crippen LogP contribution is -2.01. The van der Waals surface area contributed by atoms with E-state index in [1.807, 2.05) is 10.9 Å². The van der Waals surface area contributed by atoms with E-state index in [9.17, 15) is 0 Å². The highest BCUT2D eigenvalue weighted by atomic mass is 15.3. The zero-order valence-electron chi connectivity index (χ0n) is 11.8. The van der Waals surface area contributed by atoms with Crippen molar-refractivity contribution in [2.45, 2.75) is 40.7 Å². The molecule has 0 bridgehead atoms. The molecule has 0 unspecified atom stereocenters. The van der Waals surface area contributed by atoms with Crippen LogP contribution in [0.5, 0.6) is 0 Å². The van der Waals surface area contributed by atoms with Crippen molar-refractivity contribution >= 4 is 5.69 Å². The van der Waals surface area contributed by atoms with E-state index in [1.54, 1.807) is 0 Å². The van der Waals surface area contributed by atoms with Gasteiger partial charge < -0.3 is 5.73 Å². The Hall–Kier alpha value is -1.77. The van der Waals surface area contributed by atoms with Gasteiger partial charge in [0.2, 0.25) is 0 Å². The largest absolute Gasteiger partial charge is 0.396 e. The van der Waals surface area contributed by atoms with Crippen LogP contribution in [-0.4, -0.2) is 9.78 Å². The molecule has 96 valence electrons. The first-order chi connectivity index (χ1) is 8.40. The zero-order valence-corrected chi connectivity index (χ0v) is 11.8. The molecular formula is C15H21N3. The Morgan fingerprint density at radius 1 is 1.11 bits per heavy atom. The average Bonchev–Trinajstić information content (AvgIpc) is 2.59. The van der Waals surface area contributed by atoms with Gasteiger partial charge in [0.15, 0.2) is 0 Å². The Kier molecular flexibility index (Phi) is 3.16. The fourth-order valence-corrected chi connectivity index (χ4v) is 2.42. The van der Waals surface area contributed by atoms with Crippen LogP contribution in [0.4, 0.5) is 5.69 Å². The molecule has 2 rings (SSSR count). The van der Waals surface area contributed by atoms with Crippen LogP contribution in [0.15, 0.2) is 18.3 Å². The Balaban J connectivity index is 2.62. The molecule has 0 spiro atoms. The monoisotopic (exact) mass is 243 g/mol. The predicted octanol–water partition coefficient (Wildman–Crippen LogP) is 3.64. The number of nitrogens with zero attached hydrogens (tertiary/aromatic N) is 2. The van der Waals surface area contributed by atoms with Gasteiger partial charge in [-0.3, -0.25) is 4.68 Å². The molecule has 0 aliphatic rings. The van der Waals surface area contributed by atoms with E-state index >= 15 is 0 Å². The molecule has 0 aliphatic carbocycles. The highest BCUT2D eigenvalue weighted by Gasteiger charge is 2.14. The van der Waals surface area contributed by atoms with Gasteiger partial charge in [-0.1, -0.05) is 17.7 Å². The molecule has 1 aromatic carbocycles. The van der Waals surface area contributed by atoms with Crippen molar-refractivity contribution in [3.63, 3.8) is 0 Å². The molecule has 3 heteroatoms. The molecule has 0 atom stereocenters. The summed E-state index contributed by atoms with van der Waals surface area (Å²) in [5.41, 5.74) is 12.7. The molecule has 0 saturated carbocycles. The first-order valence-electron chi connectivity index (χ1n) is 6.33. The first-order valence-corrected chi connectivity index (χ1v) is 6.33. The molecule has 2 N–H and O–H groups in total. The number of nitrogens with two attached hydrogens (primary N) is 1. The summed E-state index contributed by atoms with van der Waals surface area (Å²) in [6.45, 7) is 10.5. The molecule has 0 saturated heterocycles. The highest BCUT2D eigenvalue weighted by Crippen LogP contribution is 2.31. The third-order valence-electron chi connectivity index (χ3n) is 3.20. The maximum Gasteiger partial charge on any atom is 0.116 e. The van der Waals surface area contributed by atoms with Crippen LogP contribution in [0.3, 0.4) is 0 Å². The van der Waals surface area contributed by atoms with Gasteiger partial charge in [0, 0.05) is 17.8 Å². The minimum Gasteiger partial charge on any atom is -0.396 e. The fraction of sp³-hybridized carbons (Fsp3) is 0.400. The fourth-order valence-electron chi connectivity index (χ4n) is 2.42. The van der Waals surface area contributed by atoms with Gasteiger partial charge in [0.05, 0.1) is 5.69 Å². The van der Waals surface area contributed by atoms with Gasteiger partial charge in [-0.15, -0.1) is 0 Å². The summed E-state index contributed by atoms with van der Waals surface area (Å²) >= 11 is 0. The Morgan fingerprint density at radius 3 is 2.11 bits per heavy atom. The molecule has 2 aromatic rings. The van der Waals surface area contributed by atoms with Crippen molar-refractivity contribution in [3.05, 3.63) is 35.0 Å². The van der Waals surface area contributed by atoms with Crippen LogP contribution in [0, 0.1) is 20.8 Å². The summed E-state index contributed by atoms with van der Waals surface area (Å²) in [7, 11) is 0. The van der Waals surface area contributed by atoms with Gasteiger partial charge in [0.25, 0.3) is 0 Å². The molecule has 0 amide bonds. The first kappa shape index (κ1) is 12.7. The number of hydrogen-bond donors (Lipinski definition) is 1. The maximum absolute atomic E-state index is 6.10. The number of anilines is 1. The van der Waals surface area contributed by atoms with Gasteiger partial charge >= 0.3 is 0 Å². The second-order valence-corrected chi connectivity index (χ2v) is 5.28. The van der Waals surface area contributed by atoms with Crippen molar-refractivity contribution in [1.82, 2.24) is 9.78 Å². The predicted molar refractivity (Wildman–Crippen MR) is 76.7 cm³/mol. The van der Waals surface area contributed by atoms with Crippen LogP contribution in [0.2, 0.25) is 0 Å². The van der Waals surface area contributed by atoms with Gasteiger partial charge in [0.1, 0.15) is 5.69 Å². The number of rotatable bonds is 2. The zero-order chi connectivity index (χ0) is 13.4. The lowest BCUT2D eigenvalue weighted by atomic mass is 9.97. The standard InChI is InChI=1S/C15H21N3/c1-9(2)18-8-13(16)15(17-18)14-11(4)6-10(3)7-12(14)5/h6-9H,16H2,1-5H3. The van der Waals surface area contributed by atoms with E-state index in [0.717, 1.165) is 16.9 Å². The highest BCUT2D eigenvalue weighted by molar-refractivity contribution is 5.77. The van der Waals surface area contributed by atoms with Crippen molar-refractivity contribution in [1.29, 1.82) is 0 Å². The Bertz CT molecular complexity index is 556. The SMILES string of the molecule is Cc1cc(C)c(-c2nn(C(C)C)cc2N)c(C)c1. The van der Waals surface area contributed by atoms with Gasteiger partial charge in [-0.05, 0) is 45.7 Å². The minimum absolute atomic E-state index is 0.326. The summed E-state index contributed by atoms with van der Waals surface area (Å²) in [6.07, 6.45) is 1.92.